The molecule has 120 valence electrons. The molecule has 0 saturated carbocycles. The second-order valence-corrected chi connectivity index (χ2v) is 5.68. The summed E-state index contributed by atoms with van der Waals surface area (Å²) >= 11 is 0. The number of aromatic amines is 1. The van der Waals surface area contributed by atoms with Gasteiger partial charge in [-0.05, 0) is 13.8 Å². The number of nitrogens with one attached hydrogen (secondary N) is 1. The lowest BCUT2D eigenvalue weighted by Crippen LogP contribution is -2.47. The number of imidazole rings is 1. The molecule has 1 aliphatic heterocycles. The molecule has 9 heteroatoms. The lowest BCUT2D eigenvalue weighted by molar-refractivity contribution is 0.164. The molecule has 0 radical (unpaired) electrons. The molecule has 1 unspecified atom stereocenters. The number of hydrogen-bond donors (Lipinski definition) is 1. The topological polar surface area (TPSA) is 99.9 Å². The molecule has 1 fully saturated rings. The van der Waals surface area contributed by atoms with Gasteiger partial charge in [0, 0.05) is 26.2 Å². The molecule has 0 aromatic carbocycles. The number of nitrogens with zero attached hydrogens (tertiary/aromatic N) is 7. The first kappa shape index (κ1) is 14.1. The van der Waals surface area contributed by atoms with E-state index < -0.39 is 0 Å². The molecule has 4 heterocycles. The maximum atomic E-state index is 5.29. The smallest absolute Gasteiger partial charge is 0.243 e. The van der Waals surface area contributed by atoms with Crippen LogP contribution >= 0.6 is 0 Å². The van der Waals surface area contributed by atoms with Gasteiger partial charge in [-0.15, -0.1) is 0 Å². The third-order valence-electron chi connectivity index (χ3n) is 4.27. The van der Waals surface area contributed by atoms with Gasteiger partial charge in [0.1, 0.15) is 11.8 Å². The van der Waals surface area contributed by atoms with Crippen LogP contribution in [-0.4, -0.2) is 61.2 Å². The number of aryl methyl sites for hydroxylation is 1. The van der Waals surface area contributed by atoms with Gasteiger partial charge in [-0.25, -0.2) is 15.0 Å². The molecule has 0 bridgehead atoms. The summed E-state index contributed by atoms with van der Waals surface area (Å²) in [5, 5.41) is 3.87. The van der Waals surface area contributed by atoms with Crippen molar-refractivity contribution in [1.29, 1.82) is 0 Å². The number of anilines is 1. The molecule has 3 aromatic heterocycles. The van der Waals surface area contributed by atoms with Gasteiger partial charge in [0.2, 0.25) is 5.89 Å². The lowest BCUT2D eigenvalue weighted by atomic mass is 10.2. The molecule has 1 saturated heterocycles. The first-order valence-corrected chi connectivity index (χ1v) is 7.65. The molecule has 1 atom stereocenters. The van der Waals surface area contributed by atoms with Crippen LogP contribution in [0, 0.1) is 6.92 Å². The van der Waals surface area contributed by atoms with Gasteiger partial charge in [-0.3, -0.25) is 4.90 Å². The van der Waals surface area contributed by atoms with E-state index in [0.29, 0.717) is 17.4 Å². The highest BCUT2D eigenvalue weighted by molar-refractivity contribution is 5.82. The zero-order chi connectivity index (χ0) is 15.8. The van der Waals surface area contributed by atoms with E-state index >= 15 is 0 Å². The number of H-pyrrole nitrogens is 1. The van der Waals surface area contributed by atoms with Gasteiger partial charge in [-0.2, -0.15) is 4.98 Å². The van der Waals surface area contributed by atoms with Gasteiger partial charge in [-0.1, -0.05) is 5.16 Å². The fourth-order valence-electron chi connectivity index (χ4n) is 2.95. The first-order valence-electron chi connectivity index (χ1n) is 7.65. The van der Waals surface area contributed by atoms with E-state index in [4.69, 9.17) is 4.52 Å². The number of fused-ring (bicyclic) bond motifs is 1. The minimum atomic E-state index is 0.121. The number of rotatable bonds is 3. The van der Waals surface area contributed by atoms with E-state index in [1.807, 2.05) is 6.92 Å². The highest BCUT2D eigenvalue weighted by Crippen LogP contribution is 2.24. The Labute approximate surface area is 132 Å². The van der Waals surface area contributed by atoms with Gasteiger partial charge in [0.25, 0.3) is 0 Å². The van der Waals surface area contributed by atoms with Crippen molar-refractivity contribution in [3.63, 3.8) is 0 Å². The average Bonchev–Trinajstić information content (AvgIpc) is 3.22. The highest BCUT2D eigenvalue weighted by Gasteiger charge is 2.26. The zero-order valence-corrected chi connectivity index (χ0v) is 13.1. The summed E-state index contributed by atoms with van der Waals surface area (Å²) in [6.07, 6.45) is 3.22. The van der Waals surface area contributed by atoms with Crippen molar-refractivity contribution in [2.24, 2.45) is 0 Å². The highest BCUT2D eigenvalue weighted by atomic mass is 16.5. The van der Waals surface area contributed by atoms with Crippen LogP contribution in [-0.2, 0) is 0 Å². The summed E-state index contributed by atoms with van der Waals surface area (Å²) in [6, 6.07) is 0.121. The first-order chi connectivity index (χ1) is 11.2. The molecule has 0 spiro atoms. The number of piperazine rings is 1. The number of aromatic nitrogens is 6. The SMILES string of the molecule is Cc1noc(C(C)N2CCN(c3ncnc4nc[nH]c34)CC2)n1. The normalized spacial score (nSPS) is 17.7. The Bertz CT molecular complexity index is 804. The predicted octanol–water partition coefficient (Wildman–Crippen LogP) is 0.928. The van der Waals surface area contributed by atoms with Crippen LogP contribution in [0.3, 0.4) is 0 Å². The molecular formula is C14H18N8O. The van der Waals surface area contributed by atoms with Crippen LogP contribution < -0.4 is 4.90 Å². The Morgan fingerprint density at radius 2 is 2.00 bits per heavy atom. The molecule has 0 amide bonds. The maximum Gasteiger partial charge on any atom is 0.243 e. The van der Waals surface area contributed by atoms with Crippen LogP contribution in [0.1, 0.15) is 24.7 Å². The summed E-state index contributed by atoms with van der Waals surface area (Å²) < 4.78 is 5.29. The standard InChI is InChI=1S/C14H18N8O/c1-9(14-19-10(2)20-23-14)21-3-5-22(6-4-21)13-11-12(16-7-15-11)17-8-18-13/h7-9H,3-6H2,1-2H3,(H,15,16,17,18). The zero-order valence-electron chi connectivity index (χ0n) is 13.1. The van der Waals surface area contributed by atoms with Crippen molar-refractivity contribution in [2.75, 3.05) is 31.1 Å². The Morgan fingerprint density at radius 3 is 2.74 bits per heavy atom. The fraction of sp³-hybridized carbons (Fsp3) is 0.500. The van der Waals surface area contributed by atoms with Gasteiger partial charge in [0.05, 0.1) is 12.4 Å². The summed E-state index contributed by atoms with van der Waals surface area (Å²) in [6.45, 7) is 7.50. The molecule has 4 rings (SSSR count). The summed E-state index contributed by atoms with van der Waals surface area (Å²) in [4.78, 5) is 24.8. The Morgan fingerprint density at radius 1 is 1.17 bits per heavy atom. The van der Waals surface area contributed by atoms with E-state index in [1.54, 1.807) is 12.7 Å². The van der Waals surface area contributed by atoms with Gasteiger partial charge >= 0.3 is 0 Å². The van der Waals surface area contributed by atoms with Crippen molar-refractivity contribution in [3.05, 3.63) is 24.4 Å². The molecule has 9 nitrogen and oxygen atoms in total. The second kappa shape index (κ2) is 5.58. The van der Waals surface area contributed by atoms with E-state index in [2.05, 4.69) is 46.8 Å². The van der Waals surface area contributed by atoms with Crippen molar-refractivity contribution < 1.29 is 4.52 Å². The van der Waals surface area contributed by atoms with Crippen LogP contribution in [0.15, 0.2) is 17.2 Å². The second-order valence-electron chi connectivity index (χ2n) is 5.68. The van der Waals surface area contributed by atoms with Crippen molar-refractivity contribution in [3.8, 4) is 0 Å². The maximum absolute atomic E-state index is 5.29. The van der Waals surface area contributed by atoms with Crippen LogP contribution in [0.5, 0.6) is 0 Å². The summed E-state index contributed by atoms with van der Waals surface area (Å²) in [5.41, 5.74) is 1.59. The van der Waals surface area contributed by atoms with Gasteiger partial charge in [0.15, 0.2) is 17.3 Å². The lowest BCUT2D eigenvalue weighted by Gasteiger charge is -2.37. The third kappa shape index (κ3) is 2.52. The summed E-state index contributed by atoms with van der Waals surface area (Å²) in [7, 11) is 0. The van der Waals surface area contributed by atoms with Gasteiger partial charge < -0.3 is 14.4 Å². The fourth-order valence-corrected chi connectivity index (χ4v) is 2.95. The van der Waals surface area contributed by atoms with E-state index in [0.717, 1.165) is 37.5 Å². The molecule has 1 N–H and O–H groups in total. The summed E-state index contributed by atoms with van der Waals surface area (Å²) in [5.74, 6) is 2.26. The minimum Gasteiger partial charge on any atom is -0.352 e. The minimum absolute atomic E-state index is 0.121. The van der Waals surface area contributed by atoms with E-state index in [-0.39, 0.29) is 6.04 Å². The monoisotopic (exact) mass is 314 g/mol. The van der Waals surface area contributed by atoms with Crippen LogP contribution in [0.2, 0.25) is 0 Å². The van der Waals surface area contributed by atoms with Crippen LogP contribution in [0.25, 0.3) is 11.2 Å². The predicted molar refractivity (Wildman–Crippen MR) is 82.9 cm³/mol. The van der Waals surface area contributed by atoms with E-state index in [1.165, 1.54) is 0 Å². The molecule has 1 aliphatic rings. The molecule has 0 aliphatic carbocycles. The largest absolute Gasteiger partial charge is 0.352 e. The quantitative estimate of drug-likeness (QED) is 0.762. The van der Waals surface area contributed by atoms with Crippen molar-refractivity contribution in [1.82, 2.24) is 35.0 Å². The molecule has 3 aromatic rings. The van der Waals surface area contributed by atoms with Crippen molar-refractivity contribution in [2.45, 2.75) is 19.9 Å². The average molecular weight is 314 g/mol. The molecule has 23 heavy (non-hydrogen) atoms. The Hall–Kier alpha value is -2.55. The van der Waals surface area contributed by atoms with Crippen LogP contribution in [0.4, 0.5) is 5.82 Å². The Balaban J connectivity index is 1.48. The molecular weight excluding hydrogens is 296 g/mol. The third-order valence-corrected chi connectivity index (χ3v) is 4.27. The van der Waals surface area contributed by atoms with E-state index in [9.17, 15) is 0 Å². The van der Waals surface area contributed by atoms with Crippen molar-refractivity contribution >= 4 is 17.0 Å². The Kier molecular flexibility index (Phi) is 3.41. The number of hydrogen-bond acceptors (Lipinski definition) is 8.